The van der Waals surface area contributed by atoms with E-state index in [1.807, 2.05) is 19.9 Å². The summed E-state index contributed by atoms with van der Waals surface area (Å²) < 4.78 is 23.1. The first-order valence-electron chi connectivity index (χ1n) is 5.16. The van der Waals surface area contributed by atoms with Crippen LogP contribution in [0.4, 0.5) is 0 Å². The Morgan fingerprint density at radius 2 is 2.13 bits per heavy atom. The maximum Gasteiger partial charge on any atom is 0.154 e. The number of aromatic nitrogens is 1. The lowest BCUT2D eigenvalue weighted by atomic mass is 9.99. The van der Waals surface area contributed by atoms with Crippen molar-refractivity contribution in [2.75, 3.05) is 5.75 Å². The molecule has 2 heterocycles. The highest BCUT2D eigenvalue weighted by molar-refractivity contribution is 7.90. The lowest BCUT2D eigenvalue weighted by Crippen LogP contribution is -2.21. The Kier molecular flexibility index (Phi) is 2.54. The Hall–Kier alpha value is -0.900. The molecule has 82 valence electrons. The maximum absolute atomic E-state index is 11.6. The number of hydrogen-bond acceptors (Lipinski definition) is 3. The van der Waals surface area contributed by atoms with Crippen LogP contribution in [0.3, 0.4) is 0 Å². The van der Waals surface area contributed by atoms with Crippen LogP contribution in [0.15, 0.2) is 12.3 Å². The first-order chi connectivity index (χ1) is 6.99. The minimum Gasteiger partial charge on any atom is -0.261 e. The highest BCUT2D eigenvalue weighted by atomic mass is 32.2. The summed E-state index contributed by atoms with van der Waals surface area (Å²) in [5.74, 6) is 0.735. The number of sulfone groups is 1. The van der Waals surface area contributed by atoms with Gasteiger partial charge in [0.2, 0.25) is 0 Å². The number of rotatable bonds is 1. The molecule has 0 unspecified atom stereocenters. The van der Waals surface area contributed by atoms with E-state index in [1.165, 1.54) is 0 Å². The van der Waals surface area contributed by atoms with Gasteiger partial charge in [0.05, 0.1) is 11.5 Å². The van der Waals surface area contributed by atoms with E-state index >= 15 is 0 Å². The average molecular weight is 225 g/mol. The second kappa shape index (κ2) is 3.59. The second-order valence-corrected chi connectivity index (χ2v) is 6.51. The van der Waals surface area contributed by atoms with E-state index in [4.69, 9.17) is 0 Å². The van der Waals surface area contributed by atoms with Gasteiger partial charge >= 0.3 is 0 Å². The standard InChI is InChI=1S/C11H15NO2S/c1-8(2)11-10-7-15(13,14)6-4-9(10)3-5-12-11/h3,5,8H,4,6-7H2,1-2H3. The van der Waals surface area contributed by atoms with Crippen LogP contribution in [0.2, 0.25) is 0 Å². The molecule has 0 N–H and O–H groups in total. The van der Waals surface area contributed by atoms with E-state index in [0.717, 1.165) is 16.8 Å². The Bertz CT molecular complexity index is 477. The fourth-order valence-electron chi connectivity index (χ4n) is 2.01. The van der Waals surface area contributed by atoms with Crippen LogP contribution in [0.25, 0.3) is 0 Å². The summed E-state index contributed by atoms with van der Waals surface area (Å²) in [4.78, 5) is 4.29. The van der Waals surface area contributed by atoms with Gasteiger partial charge in [-0.2, -0.15) is 0 Å². The Morgan fingerprint density at radius 1 is 1.40 bits per heavy atom. The van der Waals surface area contributed by atoms with Crippen molar-refractivity contribution in [2.24, 2.45) is 0 Å². The van der Waals surface area contributed by atoms with Gasteiger partial charge in [-0.25, -0.2) is 8.42 Å². The first kappa shape index (κ1) is 10.6. The average Bonchev–Trinajstić information content (AvgIpc) is 2.15. The predicted molar refractivity (Wildman–Crippen MR) is 59.5 cm³/mol. The van der Waals surface area contributed by atoms with E-state index in [2.05, 4.69) is 4.98 Å². The molecule has 1 aliphatic heterocycles. The van der Waals surface area contributed by atoms with Crippen LogP contribution >= 0.6 is 0 Å². The van der Waals surface area contributed by atoms with Crippen molar-refractivity contribution >= 4 is 9.84 Å². The molecule has 1 aliphatic rings. The molecule has 0 aliphatic carbocycles. The highest BCUT2D eigenvalue weighted by Crippen LogP contribution is 2.26. The minimum atomic E-state index is -2.89. The molecule has 0 atom stereocenters. The summed E-state index contributed by atoms with van der Waals surface area (Å²) in [6, 6.07) is 1.94. The number of fused-ring (bicyclic) bond motifs is 1. The molecule has 0 radical (unpaired) electrons. The van der Waals surface area contributed by atoms with Crippen LogP contribution in [-0.2, 0) is 22.0 Å². The van der Waals surface area contributed by atoms with Crippen LogP contribution in [-0.4, -0.2) is 19.2 Å². The summed E-state index contributed by atoms with van der Waals surface area (Å²) in [6.45, 7) is 4.09. The number of aryl methyl sites for hydroxylation is 1. The van der Waals surface area contributed by atoms with Crippen LogP contribution in [0.1, 0.15) is 36.6 Å². The van der Waals surface area contributed by atoms with Gasteiger partial charge < -0.3 is 0 Å². The molecule has 0 bridgehead atoms. The third-order valence-corrected chi connectivity index (χ3v) is 4.33. The highest BCUT2D eigenvalue weighted by Gasteiger charge is 2.24. The second-order valence-electron chi connectivity index (χ2n) is 4.33. The third-order valence-electron chi connectivity index (χ3n) is 2.78. The summed E-state index contributed by atoms with van der Waals surface area (Å²) in [7, 11) is -2.89. The van der Waals surface area contributed by atoms with E-state index < -0.39 is 9.84 Å². The summed E-state index contributed by atoms with van der Waals surface area (Å²) in [5, 5.41) is 0. The number of hydrogen-bond donors (Lipinski definition) is 0. The van der Waals surface area contributed by atoms with E-state index in [9.17, 15) is 8.42 Å². The van der Waals surface area contributed by atoms with Gasteiger partial charge in [0.1, 0.15) is 0 Å². The van der Waals surface area contributed by atoms with Crippen molar-refractivity contribution in [2.45, 2.75) is 31.9 Å². The van der Waals surface area contributed by atoms with Crippen molar-refractivity contribution in [1.82, 2.24) is 4.98 Å². The molecule has 3 nitrogen and oxygen atoms in total. The zero-order chi connectivity index (χ0) is 11.1. The summed E-state index contributed by atoms with van der Waals surface area (Å²) >= 11 is 0. The Morgan fingerprint density at radius 3 is 2.80 bits per heavy atom. The minimum absolute atomic E-state index is 0.170. The summed E-state index contributed by atoms with van der Waals surface area (Å²) in [6.07, 6.45) is 2.42. The van der Waals surface area contributed by atoms with Gasteiger partial charge in [0, 0.05) is 11.9 Å². The van der Waals surface area contributed by atoms with Gasteiger partial charge in [0.25, 0.3) is 0 Å². The van der Waals surface area contributed by atoms with Crippen molar-refractivity contribution in [1.29, 1.82) is 0 Å². The van der Waals surface area contributed by atoms with Crippen molar-refractivity contribution < 1.29 is 8.42 Å². The molecular formula is C11H15NO2S. The monoisotopic (exact) mass is 225 g/mol. The lowest BCUT2D eigenvalue weighted by Gasteiger charge is -2.20. The van der Waals surface area contributed by atoms with E-state index in [1.54, 1.807) is 6.20 Å². The zero-order valence-electron chi connectivity index (χ0n) is 9.03. The predicted octanol–water partition coefficient (Wildman–Crippen LogP) is 1.68. The summed E-state index contributed by atoms with van der Waals surface area (Å²) in [5.41, 5.74) is 3.04. The Labute approximate surface area is 90.5 Å². The zero-order valence-corrected chi connectivity index (χ0v) is 9.84. The molecule has 2 rings (SSSR count). The third kappa shape index (κ3) is 2.04. The molecular weight excluding hydrogens is 210 g/mol. The quantitative estimate of drug-likeness (QED) is 0.730. The molecule has 0 fully saturated rings. The van der Waals surface area contributed by atoms with E-state index in [0.29, 0.717) is 6.42 Å². The largest absolute Gasteiger partial charge is 0.261 e. The van der Waals surface area contributed by atoms with Gasteiger partial charge in [0.15, 0.2) is 9.84 Å². The molecule has 0 aromatic carbocycles. The first-order valence-corrected chi connectivity index (χ1v) is 6.99. The number of nitrogens with zero attached hydrogens (tertiary/aromatic N) is 1. The molecule has 1 aromatic heterocycles. The molecule has 0 saturated heterocycles. The molecule has 0 saturated carbocycles. The van der Waals surface area contributed by atoms with E-state index in [-0.39, 0.29) is 17.4 Å². The number of pyridine rings is 1. The normalized spacial score (nSPS) is 18.9. The van der Waals surface area contributed by atoms with Gasteiger partial charge in [-0.3, -0.25) is 4.98 Å². The fourth-order valence-corrected chi connectivity index (χ4v) is 3.45. The van der Waals surface area contributed by atoms with Gasteiger partial charge in [-0.05, 0) is 29.5 Å². The van der Waals surface area contributed by atoms with Gasteiger partial charge in [-0.15, -0.1) is 0 Å². The van der Waals surface area contributed by atoms with Crippen molar-refractivity contribution in [3.05, 3.63) is 29.1 Å². The Balaban J connectivity index is 2.55. The van der Waals surface area contributed by atoms with Crippen molar-refractivity contribution in [3.63, 3.8) is 0 Å². The molecule has 0 amide bonds. The topological polar surface area (TPSA) is 47.0 Å². The van der Waals surface area contributed by atoms with Crippen LogP contribution in [0, 0.1) is 0 Å². The maximum atomic E-state index is 11.6. The smallest absolute Gasteiger partial charge is 0.154 e. The lowest BCUT2D eigenvalue weighted by molar-refractivity contribution is 0.590. The SMILES string of the molecule is CC(C)c1nccc2c1CS(=O)(=O)CC2. The molecule has 15 heavy (non-hydrogen) atoms. The van der Waals surface area contributed by atoms with Crippen LogP contribution in [0.5, 0.6) is 0 Å². The van der Waals surface area contributed by atoms with Gasteiger partial charge in [-0.1, -0.05) is 13.8 Å². The molecule has 0 spiro atoms. The van der Waals surface area contributed by atoms with Crippen molar-refractivity contribution in [3.8, 4) is 0 Å². The fraction of sp³-hybridized carbons (Fsp3) is 0.545. The molecule has 1 aromatic rings. The molecule has 4 heteroatoms. The van der Waals surface area contributed by atoms with Crippen LogP contribution < -0.4 is 0 Å².